The van der Waals surface area contributed by atoms with Gasteiger partial charge in [-0.3, -0.25) is 14.6 Å². The molecule has 3 N–H and O–H groups in total. The fourth-order valence-corrected chi connectivity index (χ4v) is 5.44. The van der Waals surface area contributed by atoms with Crippen LogP contribution in [0.3, 0.4) is 0 Å². The number of aromatic nitrogens is 2. The Morgan fingerprint density at radius 1 is 0.833 bits per heavy atom. The predicted molar refractivity (Wildman–Crippen MR) is 167 cm³/mol. The predicted octanol–water partition coefficient (Wildman–Crippen LogP) is 6.38. The first-order chi connectivity index (χ1) is 20.5. The first kappa shape index (κ1) is 28.7. The highest BCUT2D eigenvalue weighted by atomic mass is 16.2. The van der Waals surface area contributed by atoms with Gasteiger partial charge in [-0.15, -0.1) is 0 Å². The molecule has 2 heterocycles. The number of carbonyl (C=O) groups is 3. The van der Waals surface area contributed by atoms with E-state index in [2.05, 4.69) is 44.9 Å². The molecule has 0 spiro atoms. The molecule has 0 radical (unpaired) electrons. The summed E-state index contributed by atoms with van der Waals surface area (Å²) in [4.78, 5) is 46.1. The fourth-order valence-electron chi connectivity index (χ4n) is 5.44. The molecule has 0 unspecified atom stereocenters. The number of hydrogen-bond acceptors (Lipinski definition) is 4. The monoisotopic (exact) mass is 560 g/mol. The second kappa shape index (κ2) is 13.7. The molecule has 2 amide bonds. The number of nitrogens with one attached hydrogen (secondary N) is 3. The fraction of sp³-hybridized carbons (Fsp3) is 0.257. The number of para-hydroxylation sites is 2. The topological polar surface area (TPSA) is 104 Å². The van der Waals surface area contributed by atoms with E-state index in [-0.39, 0.29) is 17.6 Å². The highest BCUT2D eigenvalue weighted by Crippen LogP contribution is 2.30. The Bertz CT molecular complexity index is 1690. The number of Topliss-reactive ketones (excluding diaryl/α,β-unsaturated/α-hetero) is 1. The van der Waals surface area contributed by atoms with Crippen LogP contribution in [0.4, 0.5) is 0 Å². The third kappa shape index (κ3) is 6.92. The molecular formula is C35H36N4O3. The van der Waals surface area contributed by atoms with Gasteiger partial charge in [-0.25, -0.2) is 0 Å². The van der Waals surface area contributed by atoms with E-state index in [1.54, 1.807) is 19.2 Å². The van der Waals surface area contributed by atoms with Crippen LogP contribution < -0.4 is 10.6 Å². The molecule has 0 aliphatic carbocycles. The van der Waals surface area contributed by atoms with Crippen molar-refractivity contribution in [3.8, 4) is 11.3 Å². The van der Waals surface area contributed by atoms with E-state index >= 15 is 0 Å². The van der Waals surface area contributed by atoms with Gasteiger partial charge in [-0.1, -0.05) is 79.6 Å². The van der Waals surface area contributed by atoms with Crippen LogP contribution in [0.1, 0.15) is 54.9 Å². The maximum atomic E-state index is 13.5. The molecule has 0 saturated carbocycles. The number of aromatic amines is 1. The zero-order valence-electron chi connectivity index (χ0n) is 23.9. The quantitative estimate of drug-likeness (QED) is 0.145. The molecule has 214 valence electrons. The highest BCUT2D eigenvalue weighted by molar-refractivity contribution is 6.07. The van der Waals surface area contributed by atoms with Crippen LogP contribution in [0, 0.1) is 0 Å². The van der Waals surface area contributed by atoms with E-state index in [4.69, 9.17) is 0 Å². The van der Waals surface area contributed by atoms with Gasteiger partial charge in [0.05, 0.1) is 11.1 Å². The maximum absolute atomic E-state index is 13.5. The highest BCUT2D eigenvalue weighted by Gasteiger charge is 2.22. The Morgan fingerprint density at radius 2 is 1.57 bits per heavy atom. The Labute approximate surface area is 245 Å². The summed E-state index contributed by atoms with van der Waals surface area (Å²) in [6, 6.07) is 26.8. The van der Waals surface area contributed by atoms with Crippen LogP contribution in [0.2, 0.25) is 0 Å². The minimum atomic E-state index is -0.696. The number of H-pyrrole nitrogens is 1. The molecule has 0 aliphatic rings. The van der Waals surface area contributed by atoms with Gasteiger partial charge in [0, 0.05) is 41.1 Å². The van der Waals surface area contributed by atoms with E-state index in [0.717, 1.165) is 57.9 Å². The zero-order valence-corrected chi connectivity index (χ0v) is 23.9. The van der Waals surface area contributed by atoms with Crippen LogP contribution >= 0.6 is 0 Å². The number of rotatable bonds is 13. The van der Waals surface area contributed by atoms with Crippen molar-refractivity contribution < 1.29 is 14.4 Å². The molecule has 1 atom stereocenters. The van der Waals surface area contributed by atoms with Crippen LogP contribution in [-0.4, -0.2) is 40.2 Å². The molecule has 0 saturated heterocycles. The number of fused-ring (bicyclic) bond motifs is 2. The third-order valence-electron chi connectivity index (χ3n) is 7.59. The van der Waals surface area contributed by atoms with Gasteiger partial charge in [-0.2, -0.15) is 0 Å². The van der Waals surface area contributed by atoms with Crippen molar-refractivity contribution in [2.45, 2.75) is 51.5 Å². The number of hydrogen-bond donors (Lipinski definition) is 3. The zero-order chi connectivity index (χ0) is 29.3. The Morgan fingerprint density at radius 3 is 2.38 bits per heavy atom. The molecule has 0 fully saturated rings. The normalized spacial score (nSPS) is 11.8. The molecule has 5 aromatic rings. The van der Waals surface area contributed by atoms with Crippen LogP contribution in [0.5, 0.6) is 0 Å². The van der Waals surface area contributed by atoms with E-state index in [1.807, 2.05) is 54.6 Å². The Kier molecular flexibility index (Phi) is 9.39. The molecule has 5 rings (SSSR count). The van der Waals surface area contributed by atoms with E-state index < -0.39 is 6.04 Å². The van der Waals surface area contributed by atoms with Crippen LogP contribution in [0.25, 0.3) is 33.1 Å². The second-order valence-electron chi connectivity index (χ2n) is 10.6. The lowest BCUT2D eigenvalue weighted by atomic mass is 10.0. The summed E-state index contributed by atoms with van der Waals surface area (Å²) in [5.41, 5.74) is 5.55. The standard InChI is InChI=1S/C35H36N4O3/c1-24(40)12-4-2-7-19-32(39-34(41)29-21-22-36-30-17-10-8-16-27(29)30)35(42)37-23-20-28-26-15-9-11-18-31(26)38-33(28)25-13-5-3-6-14-25/h3,5-6,8-11,13-18,21-22,32,38H,2,4,7,12,19-20,23H2,1H3,(H,37,42)(H,39,41)/t32-/m0/s1. The van der Waals surface area contributed by atoms with Gasteiger partial charge in [0.15, 0.2) is 0 Å². The van der Waals surface area contributed by atoms with Gasteiger partial charge in [0.1, 0.15) is 11.8 Å². The smallest absolute Gasteiger partial charge is 0.252 e. The lowest BCUT2D eigenvalue weighted by Crippen LogP contribution is -2.47. The van der Waals surface area contributed by atoms with Crippen molar-refractivity contribution in [1.82, 2.24) is 20.6 Å². The van der Waals surface area contributed by atoms with Crippen LogP contribution in [0.15, 0.2) is 91.1 Å². The van der Waals surface area contributed by atoms with E-state index in [9.17, 15) is 14.4 Å². The minimum Gasteiger partial charge on any atom is -0.354 e. The lowest BCUT2D eigenvalue weighted by molar-refractivity contribution is -0.123. The van der Waals surface area contributed by atoms with Gasteiger partial charge >= 0.3 is 0 Å². The molecule has 42 heavy (non-hydrogen) atoms. The van der Waals surface area contributed by atoms with Gasteiger partial charge < -0.3 is 20.4 Å². The molecule has 0 bridgehead atoms. The largest absolute Gasteiger partial charge is 0.354 e. The summed E-state index contributed by atoms with van der Waals surface area (Å²) < 4.78 is 0. The van der Waals surface area contributed by atoms with E-state index in [0.29, 0.717) is 31.4 Å². The number of amides is 2. The van der Waals surface area contributed by atoms with Crippen molar-refractivity contribution in [2.75, 3.05) is 6.54 Å². The summed E-state index contributed by atoms with van der Waals surface area (Å²) in [6.45, 7) is 2.02. The summed E-state index contributed by atoms with van der Waals surface area (Å²) in [5.74, 6) is -0.357. The van der Waals surface area contributed by atoms with E-state index in [1.165, 1.54) is 0 Å². The maximum Gasteiger partial charge on any atom is 0.252 e. The van der Waals surface area contributed by atoms with Crippen molar-refractivity contribution in [1.29, 1.82) is 0 Å². The first-order valence-electron chi connectivity index (χ1n) is 14.6. The summed E-state index contributed by atoms with van der Waals surface area (Å²) in [7, 11) is 0. The molecule has 7 nitrogen and oxygen atoms in total. The summed E-state index contributed by atoms with van der Waals surface area (Å²) in [6.07, 6.45) is 5.57. The average molecular weight is 561 g/mol. The SMILES string of the molecule is CC(=O)CCCCC[C@H](NC(=O)c1ccnc2ccccc12)C(=O)NCCc1c(-c2ccccc2)[nH]c2ccccc12. The molecule has 3 aromatic carbocycles. The van der Waals surface area contributed by atoms with Crippen molar-refractivity contribution in [3.63, 3.8) is 0 Å². The second-order valence-corrected chi connectivity index (χ2v) is 10.6. The molecule has 7 heteroatoms. The van der Waals surface area contributed by atoms with Crippen molar-refractivity contribution in [2.24, 2.45) is 0 Å². The average Bonchev–Trinajstić information content (AvgIpc) is 3.38. The Hall–Kier alpha value is -4.78. The first-order valence-corrected chi connectivity index (χ1v) is 14.6. The molecule has 0 aliphatic heterocycles. The summed E-state index contributed by atoms with van der Waals surface area (Å²) >= 11 is 0. The number of carbonyl (C=O) groups excluding carboxylic acids is 3. The number of benzene rings is 3. The van der Waals surface area contributed by atoms with Crippen molar-refractivity contribution >= 4 is 39.4 Å². The van der Waals surface area contributed by atoms with Crippen LogP contribution in [-0.2, 0) is 16.0 Å². The molecule has 2 aromatic heterocycles. The van der Waals surface area contributed by atoms with Gasteiger partial charge in [-0.05, 0) is 55.5 Å². The number of nitrogens with zero attached hydrogens (tertiary/aromatic N) is 1. The van der Waals surface area contributed by atoms with Crippen molar-refractivity contribution in [3.05, 3.63) is 102 Å². The third-order valence-corrected chi connectivity index (χ3v) is 7.59. The Balaban J connectivity index is 1.30. The minimum absolute atomic E-state index is 0.161. The summed E-state index contributed by atoms with van der Waals surface area (Å²) in [5, 5.41) is 7.94. The molecular weight excluding hydrogens is 524 g/mol. The number of unbranched alkanes of at least 4 members (excludes halogenated alkanes) is 2. The number of ketones is 1. The van der Waals surface area contributed by atoms with Gasteiger partial charge in [0.2, 0.25) is 5.91 Å². The number of pyridine rings is 1. The van der Waals surface area contributed by atoms with Gasteiger partial charge in [0.25, 0.3) is 5.91 Å². The lowest BCUT2D eigenvalue weighted by Gasteiger charge is -2.19.